The zero-order valence-electron chi connectivity index (χ0n) is 17.0. The third-order valence-electron chi connectivity index (χ3n) is 4.51. The van der Waals surface area contributed by atoms with Gasteiger partial charge in [0.15, 0.2) is 23.3 Å². The normalized spacial score (nSPS) is 12.4. The number of halogens is 3. The Hall–Kier alpha value is -3.16. The Morgan fingerprint density at radius 2 is 1.88 bits per heavy atom. The number of nitrogens with one attached hydrogen (secondary N) is 2. The zero-order chi connectivity index (χ0) is 21.6. The summed E-state index contributed by atoms with van der Waals surface area (Å²) in [5.74, 6) is 1.97. The van der Waals surface area contributed by atoms with Gasteiger partial charge < -0.3 is 24.8 Å². The van der Waals surface area contributed by atoms with E-state index in [4.69, 9.17) is 9.47 Å². The van der Waals surface area contributed by atoms with Gasteiger partial charge in [-0.3, -0.25) is 9.56 Å². The number of rotatable bonds is 7. The van der Waals surface area contributed by atoms with Crippen LogP contribution in [0.25, 0.3) is 5.69 Å². The summed E-state index contributed by atoms with van der Waals surface area (Å²) in [5.41, 5.74) is 1.40. The molecule has 0 aliphatic carbocycles. The van der Waals surface area contributed by atoms with Crippen molar-refractivity contribution in [3.63, 3.8) is 0 Å². The molecular formula is C20H21F2IN6O3. The number of aromatic nitrogens is 3. The minimum atomic E-state index is -2.96. The summed E-state index contributed by atoms with van der Waals surface area (Å²) in [6, 6.07) is 12.7. The van der Waals surface area contributed by atoms with Crippen molar-refractivity contribution in [2.45, 2.75) is 19.7 Å². The topological polar surface area (TPSA) is 94.8 Å². The molecule has 12 heteroatoms. The Balaban J connectivity index is 0.00000289. The molecule has 3 aromatic rings. The fourth-order valence-corrected chi connectivity index (χ4v) is 3.06. The molecule has 1 aromatic heterocycles. The molecule has 2 heterocycles. The third-order valence-corrected chi connectivity index (χ3v) is 4.51. The molecule has 0 atom stereocenters. The van der Waals surface area contributed by atoms with Crippen molar-refractivity contribution in [2.24, 2.45) is 4.99 Å². The average Bonchev–Trinajstić information content (AvgIpc) is 3.43. The van der Waals surface area contributed by atoms with Crippen LogP contribution in [0.1, 0.15) is 11.4 Å². The lowest BCUT2D eigenvalue weighted by Gasteiger charge is -2.15. The number of alkyl halides is 2. The Morgan fingerprint density at radius 1 is 1.16 bits per heavy atom. The van der Waals surface area contributed by atoms with E-state index in [1.807, 2.05) is 34.9 Å². The molecule has 2 aromatic carbocycles. The van der Waals surface area contributed by atoms with Crippen molar-refractivity contribution in [3.05, 3.63) is 60.2 Å². The van der Waals surface area contributed by atoms with Crippen molar-refractivity contribution in [1.82, 2.24) is 25.4 Å². The molecule has 0 saturated heterocycles. The molecule has 4 rings (SSSR count). The van der Waals surface area contributed by atoms with E-state index in [2.05, 4.69) is 30.6 Å². The Labute approximate surface area is 199 Å². The molecule has 170 valence electrons. The number of aliphatic imine (C=N–C) groups is 1. The van der Waals surface area contributed by atoms with Gasteiger partial charge in [0.05, 0.1) is 6.54 Å². The van der Waals surface area contributed by atoms with Gasteiger partial charge in [0, 0.05) is 30.9 Å². The lowest BCUT2D eigenvalue weighted by Crippen LogP contribution is -2.37. The largest absolute Gasteiger partial charge is 0.454 e. The van der Waals surface area contributed by atoms with Crippen molar-refractivity contribution < 1.29 is 23.0 Å². The molecule has 0 bridgehead atoms. The maximum Gasteiger partial charge on any atom is 0.387 e. The van der Waals surface area contributed by atoms with Crippen LogP contribution in [0.5, 0.6) is 17.2 Å². The molecular weight excluding hydrogens is 537 g/mol. The van der Waals surface area contributed by atoms with Gasteiger partial charge in [0.25, 0.3) is 0 Å². The fraction of sp³-hybridized carbons (Fsp3) is 0.250. The minimum Gasteiger partial charge on any atom is -0.454 e. The Bertz CT molecular complexity index is 1060. The summed E-state index contributed by atoms with van der Waals surface area (Å²) in [6.45, 7) is -2.41. The van der Waals surface area contributed by atoms with E-state index in [0.29, 0.717) is 35.4 Å². The van der Waals surface area contributed by atoms with Crippen molar-refractivity contribution >= 4 is 29.9 Å². The molecule has 9 nitrogen and oxygen atoms in total. The monoisotopic (exact) mass is 558 g/mol. The van der Waals surface area contributed by atoms with Gasteiger partial charge in [-0.15, -0.1) is 34.2 Å². The van der Waals surface area contributed by atoms with Gasteiger partial charge in [-0.1, -0.05) is 18.2 Å². The van der Waals surface area contributed by atoms with E-state index < -0.39 is 6.61 Å². The summed E-state index contributed by atoms with van der Waals surface area (Å²) in [5, 5.41) is 14.3. The predicted molar refractivity (Wildman–Crippen MR) is 123 cm³/mol. The molecule has 0 amide bonds. The second kappa shape index (κ2) is 10.9. The first-order valence-electron chi connectivity index (χ1n) is 9.40. The van der Waals surface area contributed by atoms with Crippen LogP contribution in [0.15, 0.2) is 53.8 Å². The van der Waals surface area contributed by atoms with E-state index >= 15 is 0 Å². The number of fused-ring (bicyclic) bond motifs is 1. The molecule has 32 heavy (non-hydrogen) atoms. The first kappa shape index (κ1) is 23.5. The van der Waals surface area contributed by atoms with E-state index in [1.165, 1.54) is 6.07 Å². The van der Waals surface area contributed by atoms with Gasteiger partial charge in [-0.25, -0.2) is 0 Å². The number of para-hydroxylation sites is 1. The fourth-order valence-electron chi connectivity index (χ4n) is 3.06. The Morgan fingerprint density at radius 3 is 2.59 bits per heavy atom. The highest BCUT2D eigenvalue weighted by Crippen LogP contribution is 2.38. The molecule has 1 aliphatic rings. The van der Waals surface area contributed by atoms with Crippen molar-refractivity contribution in [2.75, 3.05) is 13.8 Å². The second-order valence-electron chi connectivity index (χ2n) is 6.42. The van der Waals surface area contributed by atoms with Crippen LogP contribution in [0.4, 0.5) is 8.78 Å². The highest BCUT2D eigenvalue weighted by atomic mass is 127. The highest BCUT2D eigenvalue weighted by molar-refractivity contribution is 14.0. The summed E-state index contributed by atoms with van der Waals surface area (Å²) in [4.78, 5) is 4.16. The van der Waals surface area contributed by atoms with Gasteiger partial charge >= 0.3 is 6.61 Å². The number of benzene rings is 2. The highest BCUT2D eigenvalue weighted by Gasteiger charge is 2.20. The van der Waals surface area contributed by atoms with Gasteiger partial charge in [0.1, 0.15) is 12.1 Å². The number of nitrogens with zero attached hydrogens (tertiary/aromatic N) is 4. The molecule has 0 radical (unpaired) electrons. The predicted octanol–water partition coefficient (Wildman–Crippen LogP) is 3.08. The van der Waals surface area contributed by atoms with Gasteiger partial charge in [0.2, 0.25) is 6.79 Å². The lowest BCUT2D eigenvalue weighted by molar-refractivity contribution is -0.0505. The number of ether oxygens (including phenoxy) is 3. The first-order valence-corrected chi connectivity index (χ1v) is 9.40. The minimum absolute atomic E-state index is 0. The smallest absolute Gasteiger partial charge is 0.387 e. The van der Waals surface area contributed by atoms with Crippen LogP contribution in [0, 0.1) is 0 Å². The van der Waals surface area contributed by atoms with Crippen LogP contribution in [0.3, 0.4) is 0 Å². The van der Waals surface area contributed by atoms with Gasteiger partial charge in [-0.05, 0) is 18.2 Å². The molecule has 0 saturated carbocycles. The second-order valence-corrected chi connectivity index (χ2v) is 6.42. The summed E-state index contributed by atoms with van der Waals surface area (Å²) in [7, 11) is 1.60. The summed E-state index contributed by atoms with van der Waals surface area (Å²) >= 11 is 0. The molecule has 0 spiro atoms. The SMILES string of the molecule is CN=C(NCc1cc2c(cc1OC(F)F)OCO2)NCc1nncn1-c1ccccc1.I. The lowest BCUT2D eigenvalue weighted by atomic mass is 10.1. The van der Waals surface area contributed by atoms with E-state index in [9.17, 15) is 8.78 Å². The zero-order valence-corrected chi connectivity index (χ0v) is 19.3. The van der Waals surface area contributed by atoms with Crippen molar-refractivity contribution in [1.29, 1.82) is 0 Å². The number of hydrogen-bond donors (Lipinski definition) is 2. The first-order chi connectivity index (χ1) is 15.1. The standard InChI is InChI=1S/C20H20F2N6O3.HI/c1-23-20(25-10-18-27-26-11-28(18)14-5-3-2-4-6-14)24-9-13-7-16-17(30-12-29-16)8-15(13)31-19(21)22;/h2-8,11,19H,9-10,12H2,1H3,(H2,23,24,25);1H. The number of hydrogen-bond acceptors (Lipinski definition) is 6. The van der Waals surface area contributed by atoms with Crippen LogP contribution in [-0.2, 0) is 13.1 Å². The maximum absolute atomic E-state index is 12.8. The molecule has 0 fully saturated rings. The molecule has 1 aliphatic heterocycles. The average molecular weight is 558 g/mol. The van der Waals surface area contributed by atoms with Crippen molar-refractivity contribution in [3.8, 4) is 22.9 Å². The van der Waals surface area contributed by atoms with Crippen LogP contribution < -0.4 is 24.8 Å². The third kappa shape index (κ3) is 5.55. The summed E-state index contributed by atoms with van der Waals surface area (Å²) in [6.07, 6.45) is 1.63. The molecule has 0 unspecified atom stereocenters. The quantitative estimate of drug-likeness (QED) is 0.262. The summed E-state index contributed by atoms with van der Waals surface area (Å²) < 4.78 is 42.7. The van der Waals surface area contributed by atoms with E-state index in [0.717, 1.165) is 5.69 Å². The maximum atomic E-state index is 12.8. The van der Waals surface area contributed by atoms with Crippen LogP contribution in [0.2, 0.25) is 0 Å². The van der Waals surface area contributed by atoms with E-state index in [-0.39, 0.29) is 43.1 Å². The van der Waals surface area contributed by atoms with Crippen LogP contribution >= 0.6 is 24.0 Å². The molecule has 2 N–H and O–H groups in total. The number of guanidine groups is 1. The Kier molecular flexibility index (Phi) is 8.03. The van der Waals surface area contributed by atoms with E-state index in [1.54, 1.807) is 19.4 Å². The van der Waals surface area contributed by atoms with Crippen LogP contribution in [-0.4, -0.2) is 41.2 Å². The van der Waals surface area contributed by atoms with Gasteiger partial charge in [-0.2, -0.15) is 8.78 Å².